The molecule has 12 heteroatoms. The molecular weight excluding hydrogens is 461 g/mol. The number of ether oxygens (including phenoxy) is 2. The van der Waals surface area contributed by atoms with Crippen LogP contribution in [0.5, 0.6) is 0 Å². The summed E-state index contributed by atoms with van der Waals surface area (Å²) < 4.78 is 51.1. The number of amides is 1. The van der Waals surface area contributed by atoms with Gasteiger partial charge in [0.2, 0.25) is 0 Å². The molecule has 1 aromatic heterocycles. The summed E-state index contributed by atoms with van der Waals surface area (Å²) in [7, 11) is 0. The number of hydrogen-bond donors (Lipinski definition) is 1. The van der Waals surface area contributed by atoms with Gasteiger partial charge in [0, 0.05) is 24.3 Å². The lowest BCUT2D eigenvalue weighted by atomic mass is 9.95. The number of halogens is 3. The molecule has 3 aliphatic heterocycles. The Morgan fingerprint density at radius 2 is 2.03 bits per heavy atom. The second kappa shape index (κ2) is 7.36. The van der Waals surface area contributed by atoms with Crippen molar-refractivity contribution >= 4 is 35.9 Å². The number of hydrogen-bond acceptors (Lipinski definition) is 8. The molecule has 5 rings (SSSR count). The van der Waals surface area contributed by atoms with Crippen LogP contribution in [0.1, 0.15) is 33.6 Å². The van der Waals surface area contributed by atoms with E-state index in [4.69, 9.17) is 14.7 Å². The van der Waals surface area contributed by atoms with E-state index in [9.17, 15) is 22.8 Å². The average molecular weight is 476 g/mol. The third-order valence-corrected chi connectivity index (χ3v) is 6.51. The number of nitriles is 1. The van der Waals surface area contributed by atoms with Gasteiger partial charge in [-0.15, -0.1) is 12.6 Å². The molecule has 0 radical (unpaired) electrons. The summed E-state index contributed by atoms with van der Waals surface area (Å²) in [5.74, 6) is -0.937. The van der Waals surface area contributed by atoms with Gasteiger partial charge in [0.05, 0.1) is 29.6 Å². The van der Waals surface area contributed by atoms with Gasteiger partial charge in [0.25, 0.3) is 5.91 Å². The fraction of sp³-hybridized carbons (Fsp3) is 0.333. The van der Waals surface area contributed by atoms with Crippen molar-refractivity contribution in [1.82, 2.24) is 4.98 Å². The lowest BCUT2D eigenvalue weighted by molar-refractivity contribution is -0.138. The van der Waals surface area contributed by atoms with E-state index in [1.807, 2.05) is 0 Å². The molecule has 4 heterocycles. The molecule has 1 spiro atoms. The number of pyridine rings is 1. The molecular formula is C21H15F3N4O4S. The standard InChI is InChI=1S/C21H15F3N4O4S/c22-21(23,24)15-6-13(8-26-16(15)7-25)27-18(30)20(3-4-31-10-20)28(19(27)33)12-1-2-14-11(5-12)9-32-17(14)29/h1-2,5-6,8,19,33H,3-4,9-10H2. The van der Waals surface area contributed by atoms with E-state index in [-0.39, 0.29) is 25.5 Å². The SMILES string of the molecule is N#Cc1ncc(N2C(=O)C3(CCOC3)N(c3ccc4c(c3)COC4=O)C2S)cc1C(F)(F)F. The van der Waals surface area contributed by atoms with Crippen molar-refractivity contribution in [1.29, 1.82) is 5.26 Å². The van der Waals surface area contributed by atoms with Gasteiger partial charge in [-0.2, -0.15) is 18.4 Å². The first-order valence-electron chi connectivity index (χ1n) is 9.83. The highest BCUT2D eigenvalue weighted by Gasteiger charge is 2.59. The van der Waals surface area contributed by atoms with Crippen LogP contribution in [0.15, 0.2) is 30.5 Å². The summed E-state index contributed by atoms with van der Waals surface area (Å²) in [6.07, 6.45) is -3.48. The van der Waals surface area contributed by atoms with Crippen molar-refractivity contribution in [2.45, 2.75) is 30.2 Å². The lowest BCUT2D eigenvalue weighted by Gasteiger charge is -2.34. The van der Waals surface area contributed by atoms with E-state index in [2.05, 4.69) is 17.6 Å². The molecule has 170 valence electrons. The van der Waals surface area contributed by atoms with Crippen molar-refractivity contribution in [2.75, 3.05) is 23.0 Å². The van der Waals surface area contributed by atoms with Crippen LogP contribution in [0.25, 0.3) is 0 Å². The highest BCUT2D eigenvalue weighted by molar-refractivity contribution is 7.81. The molecule has 1 aromatic carbocycles. The van der Waals surface area contributed by atoms with Gasteiger partial charge in [0.15, 0.2) is 11.2 Å². The Morgan fingerprint density at radius 1 is 1.24 bits per heavy atom. The van der Waals surface area contributed by atoms with E-state index >= 15 is 0 Å². The van der Waals surface area contributed by atoms with Crippen LogP contribution in [0.2, 0.25) is 0 Å². The van der Waals surface area contributed by atoms with Gasteiger partial charge < -0.3 is 14.4 Å². The van der Waals surface area contributed by atoms with E-state index in [0.29, 0.717) is 23.2 Å². The summed E-state index contributed by atoms with van der Waals surface area (Å²) in [6.45, 7) is 0.382. The van der Waals surface area contributed by atoms with Crippen molar-refractivity contribution < 1.29 is 32.2 Å². The van der Waals surface area contributed by atoms with Crippen molar-refractivity contribution in [2.24, 2.45) is 0 Å². The fourth-order valence-electron chi connectivity index (χ4n) is 4.47. The number of nitrogens with zero attached hydrogens (tertiary/aromatic N) is 4. The molecule has 2 aromatic rings. The number of rotatable bonds is 2. The minimum atomic E-state index is -4.83. The zero-order valence-electron chi connectivity index (χ0n) is 16.8. The normalized spacial score (nSPS) is 24.4. The predicted molar refractivity (Wildman–Crippen MR) is 110 cm³/mol. The van der Waals surface area contributed by atoms with Gasteiger partial charge in [0.1, 0.15) is 18.2 Å². The number of fused-ring (bicyclic) bond motifs is 1. The van der Waals surface area contributed by atoms with Crippen molar-refractivity contribution in [3.8, 4) is 6.07 Å². The number of thiol groups is 1. The third-order valence-electron chi connectivity index (χ3n) is 6.05. The number of cyclic esters (lactones) is 1. The Morgan fingerprint density at radius 3 is 2.70 bits per heavy atom. The monoisotopic (exact) mass is 476 g/mol. The Balaban J connectivity index is 1.62. The maximum absolute atomic E-state index is 13.6. The minimum Gasteiger partial charge on any atom is -0.457 e. The molecule has 0 N–H and O–H groups in total. The quantitative estimate of drug-likeness (QED) is 0.526. The first-order valence-corrected chi connectivity index (χ1v) is 10.4. The topological polar surface area (TPSA) is 95.8 Å². The number of benzene rings is 1. The number of aromatic nitrogens is 1. The molecule has 8 nitrogen and oxygen atoms in total. The summed E-state index contributed by atoms with van der Waals surface area (Å²) in [4.78, 5) is 31.9. The predicted octanol–water partition coefficient (Wildman–Crippen LogP) is 2.87. The maximum atomic E-state index is 13.6. The number of carbonyl (C=O) groups excluding carboxylic acids is 2. The molecule has 2 fully saturated rings. The van der Waals surface area contributed by atoms with Crippen LogP contribution in [0, 0.1) is 11.3 Å². The van der Waals surface area contributed by atoms with Crippen molar-refractivity contribution in [3.05, 3.63) is 52.8 Å². The van der Waals surface area contributed by atoms with E-state index in [1.165, 1.54) is 6.07 Å². The third kappa shape index (κ3) is 3.14. The Hall–Kier alpha value is -3.30. The average Bonchev–Trinajstić information content (AvgIpc) is 3.46. The molecule has 0 aliphatic carbocycles. The summed E-state index contributed by atoms with van der Waals surface area (Å²) in [5, 5.41) is 9.03. The largest absolute Gasteiger partial charge is 0.457 e. The summed E-state index contributed by atoms with van der Waals surface area (Å²) >= 11 is 4.60. The van der Waals surface area contributed by atoms with Gasteiger partial charge in [-0.25, -0.2) is 9.78 Å². The van der Waals surface area contributed by atoms with Gasteiger partial charge in [-0.1, -0.05) is 0 Å². The highest BCUT2D eigenvalue weighted by atomic mass is 32.1. The van der Waals surface area contributed by atoms with Gasteiger partial charge in [-0.3, -0.25) is 9.69 Å². The van der Waals surface area contributed by atoms with Crippen molar-refractivity contribution in [3.63, 3.8) is 0 Å². The molecule has 33 heavy (non-hydrogen) atoms. The molecule has 2 atom stereocenters. The Labute approximate surface area is 190 Å². The minimum absolute atomic E-state index is 0.0156. The zero-order valence-corrected chi connectivity index (χ0v) is 17.7. The summed E-state index contributed by atoms with van der Waals surface area (Å²) in [6, 6.07) is 7.10. The lowest BCUT2D eigenvalue weighted by Crippen LogP contribution is -2.51. The Bertz CT molecular complexity index is 1220. The number of alkyl halides is 3. The second-order valence-electron chi connectivity index (χ2n) is 7.84. The molecule has 0 bridgehead atoms. The first-order chi connectivity index (χ1) is 15.7. The maximum Gasteiger partial charge on any atom is 0.419 e. The number of esters is 1. The molecule has 2 unspecified atom stereocenters. The number of anilines is 2. The van der Waals surface area contributed by atoms with Gasteiger partial charge >= 0.3 is 12.1 Å². The molecule has 2 saturated heterocycles. The van der Waals surface area contributed by atoms with E-state index in [1.54, 1.807) is 23.1 Å². The van der Waals surface area contributed by atoms with E-state index < -0.39 is 40.3 Å². The van der Waals surface area contributed by atoms with Crippen LogP contribution >= 0.6 is 12.6 Å². The number of carbonyl (C=O) groups is 2. The van der Waals surface area contributed by atoms with Crippen LogP contribution in [-0.2, 0) is 27.1 Å². The second-order valence-corrected chi connectivity index (χ2v) is 8.30. The molecule has 1 amide bonds. The summed E-state index contributed by atoms with van der Waals surface area (Å²) in [5.41, 5.74) is -2.75. The fourth-order valence-corrected chi connectivity index (χ4v) is 5.07. The van der Waals surface area contributed by atoms with Crippen LogP contribution < -0.4 is 9.80 Å². The molecule has 0 saturated carbocycles. The van der Waals surface area contributed by atoms with Crippen LogP contribution in [0.3, 0.4) is 0 Å². The Kier molecular flexibility index (Phi) is 4.80. The highest BCUT2D eigenvalue weighted by Crippen LogP contribution is 2.45. The zero-order chi connectivity index (χ0) is 23.5. The molecule has 3 aliphatic rings. The smallest absolute Gasteiger partial charge is 0.419 e. The van der Waals surface area contributed by atoms with E-state index in [0.717, 1.165) is 17.2 Å². The van der Waals surface area contributed by atoms with Gasteiger partial charge in [-0.05, 0) is 24.3 Å². The van der Waals surface area contributed by atoms with Crippen LogP contribution in [0.4, 0.5) is 24.5 Å². The first kappa shape index (κ1) is 21.5. The van der Waals surface area contributed by atoms with Crippen LogP contribution in [-0.4, -0.2) is 41.1 Å².